The maximum Gasteiger partial charge on any atom is 0.220 e. The minimum absolute atomic E-state index is 0.0122. The maximum absolute atomic E-state index is 11.8. The summed E-state index contributed by atoms with van der Waals surface area (Å²) < 4.78 is 5.56. The van der Waals surface area contributed by atoms with Gasteiger partial charge in [-0.1, -0.05) is 42.5 Å². The average Bonchev–Trinajstić information content (AvgIpc) is 2.57. The Morgan fingerprint density at radius 2 is 1.75 bits per heavy atom. The maximum atomic E-state index is 11.8. The highest BCUT2D eigenvalue weighted by atomic mass is 16.5. The van der Waals surface area contributed by atoms with Crippen LogP contribution in [0.1, 0.15) is 37.8 Å². The minimum atomic E-state index is -0.847. The lowest BCUT2D eigenvalue weighted by molar-refractivity contribution is -0.121. The molecule has 4 heteroatoms. The Balaban J connectivity index is 1.66. The molecule has 2 aromatic carbocycles. The number of hydrogen-bond acceptors (Lipinski definition) is 3. The highest BCUT2D eigenvalue weighted by Gasteiger charge is 2.15. The van der Waals surface area contributed by atoms with Crippen molar-refractivity contribution in [2.75, 3.05) is 6.61 Å². The van der Waals surface area contributed by atoms with Crippen LogP contribution in [0.25, 0.3) is 0 Å². The number of hydrogen-bond donors (Lipinski definition) is 2. The van der Waals surface area contributed by atoms with E-state index >= 15 is 0 Å². The van der Waals surface area contributed by atoms with E-state index in [2.05, 4.69) is 5.32 Å². The molecule has 2 aromatic rings. The van der Waals surface area contributed by atoms with Gasteiger partial charge in [-0.15, -0.1) is 0 Å². The average molecular weight is 327 g/mol. The molecule has 24 heavy (non-hydrogen) atoms. The zero-order valence-electron chi connectivity index (χ0n) is 14.3. The number of para-hydroxylation sites is 1. The molecule has 0 aliphatic rings. The molecular formula is C20H25NO3. The van der Waals surface area contributed by atoms with Crippen LogP contribution in [-0.4, -0.2) is 17.6 Å². The second kappa shape index (κ2) is 8.50. The van der Waals surface area contributed by atoms with Gasteiger partial charge in [0.25, 0.3) is 0 Å². The SMILES string of the molecule is CC(C)(O)c1ccc(CNC(=O)CCCOc2ccccc2)cc1. The number of amides is 1. The standard InChI is InChI=1S/C20H25NO3/c1-20(2,23)17-12-10-16(11-13-17)15-21-19(22)9-6-14-24-18-7-4-3-5-8-18/h3-5,7-8,10-13,23H,6,9,14-15H2,1-2H3,(H,21,22). The lowest BCUT2D eigenvalue weighted by Crippen LogP contribution is -2.23. The van der Waals surface area contributed by atoms with E-state index < -0.39 is 5.60 Å². The number of nitrogens with one attached hydrogen (secondary N) is 1. The number of carbonyl (C=O) groups is 1. The van der Waals surface area contributed by atoms with E-state index in [0.29, 0.717) is 26.0 Å². The second-order valence-corrected chi connectivity index (χ2v) is 6.30. The van der Waals surface area contributed by atoms with Gasteiger partial charge in [-0.3, -0.25) is 4.79 Å². The van der Waals surface area contributed by atoms with E-state index in [-0.39, 0.29) is 5.91 Å². The third-order valence-corrected chi connectivity index (χ3v) is 3.71. The molecule has 0 aliphatic heterocycles. The predicted octanol–water partition coefficient (Wildman–Crippen LogP) is 3.39. The van der Waals surface area contributed by atoms with E-state index in [4.69, 9.17) is 4.74 Å². The van der Waals surface area contributed by atoms with Crippen molar-refractivity contribution in [2.24, 2.45) is 0 Å². The molecule has 0 unspecified atom stereocenters. The number of benzene rings is 2. The van der Waals surface area contributed by atoms with E-state index in [1.807, 2.05) is 54.6 Å². The van der Waals surface area contributed by atoms with Gasteiger partial charge in [-0.2, -0.15) is 0 Å². The quantitative estimate of drug-likeness (QED) is 0.731. The normalized spacial score (nSPS) is 11.1. The largest absolute Gasteiger partial charge is 0.494 e. The molecule has 0 aliphatic carbocycles. The molecule has 0 saturated carbocycles. The second-order valence-electron chi connectivity index (χ2n) is 6.30. The number of rotatable bonds is 8. The van der Waals surface area contributed by atoms with Crippen LogP contribution in [0.5, 0.6) is 5.75 Å². The molecule has 0 radical (unpaired) electrons. The topological polar surface area (TPSA) is 58.6 Å². The van der Waals surface area contributed by atoms with Crippen LogP contribution in [0.3, 0.4) is 0 Å². The molecule has 0 atom stereocenters. The molecule has 4 nitrogen and oxygen atoms in total. The first-order chi connectivity index (χ1) is 11.4. The van der Waals surface area contributed by atoms with Crippen LogP contribution in [0, 0.1) is 0 Å². The van der Waals surface area contributed by atoms with Gasteiger partial charge in [0.15, 0.2) is 0 Å². The third kappa shape index (κ3) is 6.05. The first-order valence-electron chi connectivity index (χ1n) is 8.21. The fourth-order valence-corrected chi connectivity index (χ4v) is 2.26. The van der Waals surface area contributed by atoms with Crippen LogP contribution >= 0.6 is 0 Å². The zero-order valence-corrected chi connectivity index (χ0v) is 14.3. The Bertz CT molecular complexity index is 630. The van der Waals surface area contributed by atoms with Gasteiger partial charge in [-0.05, 0) is 43.5 Å². The van der Waals surface area contributed by atoms with Gasteiger partial charge >= 0.3 is 0 Å². The van der Waals surface area contributed by atoms with Crippen LogP contribution in [0.15, 0.2) is 54.6 Å². The Kier molecular flexibility index (Phi) is 6.38. The summed E-state index contributed by atoms with van der Waals surface area (Å²) in [4.78, 5) is 11.8. The fourth-order valence-electron chi connectivity index (χ4n) is 2.26. The van der Waals surface area contributed by atoms with Crippen molar-refractivity contribution in [3.8, 4) is 5.75 Å². The highest BCUT2D eigenvalue weighted by Crippen LogP contribution is 2.19. The van der Waals surface area contributed by atoms with Crippen LogP contribution in [-0.2, 0) is 16.9 Å². The van der Waals surface area contributed by atoms with Crippen molar-refractivity contribution in [1.29, 1.82) is 0 Å². The fraction of sp³-hybridized carbons (Fsp3) is 0.350. The molecule has 1 amide bonds. The van der Waals surface area contributed by atoms with Crippen molar-refractivity contribution in [1.82, 2.24) is 5.32 Å². The van der Waals surface area contributed by atoms with Crippen molar-refractivity contribution in [3.63, 3.8) is 0 Å². The molecule has 0 fully saturated rings. The molecular weight excluding hydrogens is 302 g/mol. The smallest absolute Gasteiger partial charge is 0.220 e. The number of aliphatic hydroxyl groups is 1. The molecule has 2 rings (SSSR count). The summed E-state index contributed by atoms with van der Waals surface area (Å²) in [7, 11) is 0. The minimum Gasteiger partial charge on any atom is -0.494 e. The molecule has 128 valence electrons. The summed E-state index contributed by atoms with van der Waals surface area (Å²) in [6.07, 6.45) is 1.12. The molecule has 0 bridgehead atoms. The lowest BCUT2D eigenvalue weighted by atomic mass is 9.97. The Labute approximate surface area is 143 Å². The van der Waals surface area contributed by atoms with Gasteiger partial charge in [0.05, 0.1) is 12.2 Å². The predicted molar refractivity (Wildman–Crippen MR) is 94.7 cm³/mol. The Morgan fingerprint density at radius 1 is 1.08 bits per heavy atom. The van der Waals surface area contributed by atoms with E-state index in [1.54, 1.807) is 13.8 Å². The summed E-state index contributed by atoms with van der Waals surface area (Å²) >= 11 is 0. The van der Waals surface area contributed by atoms with Gasteiger partial charge in [0.1, 0.15) is 5.75 Å². The highest BCUT2D eigenvalue weighted by molar-refractivity contribution is 5.75. The van der Waals surface area contributed by atoms with Gasteiger partial charge < -0.3 is 15.2 Å². The molecule has 0 aromatic heterocycles. The monoisotopic (exact) mass is 327 g/mol. The van der Waals surface area contributed by atoms with Crippen molar-refractivity contribution < 1.29 is 14.6 Å². The summed E-state index contributed by atoms with van der Waals surface area (Å²) in [5, 5.41) is 12.8. The molecule has 2 N–H and O–H groups in total. The summed E-state index contributed by atoms with van der Waals surface area (Å²) in [5.74, 6) is 0.836. The van der Waals surface area contributed by atoms with E-state index in [9.17, 15) is 9.90 Å². The molecule has 0 saturated heterocycles. The zero-order chi connectivity index (χ0) is 17.4. The first-order valence-corrected chi connectivity index (χ1v) is 8.21. The summed E-state index contributed by atoms with van der Waals surface area (Å²) in [5.41, 5.74) is 1.02. The number of carbonyl (C=O) groups excluding carboxylic acids is 1. The van der Waals surface area contributed by atoms with E-state index in [1.165, 1.54) is 0 Å². The van der Waals surface area contributed by atoms with Crippen LogP contribution in [0.4, 0.5) is 0 Å². The summed E-state index contributed by atoms with van der Waals surface area (Å²) in [6, 6.07) is 17.2. The van der Waals surface area contributed by atoms with Crippen molar-refractivity contribution >= 4 is 5.91 Å². The van der Waals surface area contributed by atoms with Crippen LogP contribution in [0.2, 0.25) is 0 Å². The third-order valence-electron chi connectivity index (χ3n) is 3.71. The Hall–Kier alpha value is -2.33. The molecule has 0 spiro atoms. The lowest BCUT2D eigenvalue weighted by Gasteiger charge is -2.18. The van der Waals surface area contributed by atoms with E-state index in [0.717, 1.165) is 16.9 Å². The first kappa shape index (κ1) is 18.0. The van der Waals surface area contributed by atoms with Crippen LogP contribution < -0.4 is 10.1 Å². The summed E-state index contributed by atoms with van der Waals surface area (Å²) in [6.45, 7) is 4.52. The Morgan fingerprint density at radius 3 is 2.38 bits per heavy atom. The van der Waals surface area contributed by atoms with Gasteiger partial charge in [0.2, 0.25) is 5.91 Å². The molecule has 0 heterocycles. The van der Waals surface area contributed by atoms with Crippen molar-refractivity contribution in [2.45, 2.75) is 38.8 Å². The van der Waals surface area contributed by atoms with Gasteiger partial charge in [0, 0.05) is 13.0 Å². The van der Waals surface area contributed by atoms with Crippen molar-refractivity contribution in [3.05, 3.63) is 65.7 Å². The van der Waals surface area contributed by atoms with Gasteiger partial charge in [-0.25, -0.2) is 0 Å². The number of ether oxygens (including phenoxy) is 1.